The van der Waals surface area contributed by atoms with Crippen LogP contribution in [-0.4, -0.2) is 60.9 Å². The maximum atomic E-state index is 10.7. The van der Waals surface area contributed by atoms with Crippen LogP contribution < -0.4 is 11.5 Å². The van der Waals surface area contributed by atoms with E-state index in [-0.39, 0.29) is 11.8 Å². The van der Waals surface area contributed by atoms with E-state index in [1.165, 1.54) is 0 Å². The molecule has 0 bridgehead atoms. The van der Waals surface area contributed by atoms with Crippen LogP contribution in [0.3, 0.4) is 0 Å². The van der Waals surface area contributed by atoms with E-state index in [9.17, 15) is 9.59 Å². The van der Waals surface area contributed by atoms with Gasteiger partial charge in [-0.15, -0.1) is 0 Å². The molecule has 1 rings (SSSR count). The number of rotatable bonds is 6. The number of carbonyl (C=O) groups is 2. The van der Waals surface area contributed by atoms with Crippen LogP contribution in [0.25, 0.3) is 0 Å². The normalized spacial score (nSPS) is 18.8. The average Bonchev–Trinajstić information content (AvgIpc) is 2.48. The average molecular weight is 242 g/mol. The van der Waals surface area contributed by atoms with Crippen molar-refractivity contribution in [2.45, 2.75) is 19.3 Å². The van der Waals surface area contributed by atoms with Gasteiger partial charge in [-0.05, 0) is 19.5 Å². The molecule has 1 aliphatic heterocycles. The Bertz CT molecular complexity index is 244. The SMILES string of the molecule is NC(=O)CCN1CCCN(CCC(N)=O)CC1. The van der Waals surface area contributed by atoms with Gasteiger partial charge in [-0.2, -0.15) is 0 Å². The summed E-state index contributed by atoms with van der Waals surface area (Å²) in [6.45, 7) is 5.29. The molecule has 4 N–H and O–H groups in total. The van der Waals surface area contributed by atoms with E-state index in [1.807, 2.05) is 0 Å². The van der Waals surface area contributed by atoms with E-state index in [1.54, 1.807) is 0 Å². The third-order valence-electron chi connectivity index (χ3n) is 3.03. The standard InChI is InChI=1S/C11H22N4O2/c12-10(16)2-6-14-4-1-5-15(9-8-14)7-3-11(13)17/h1-9H2,(H2,12,16)(H2,13,17). The quantitative estimate of drug-likeness (QED) is 0.608. The first-order valence-corrected chi connectivity index (χ1v) is 6.09. The molecule has 0 radical (unpaired) electrons. The Morgan fingerprint density at radius 1 is 0.824 bits per heavy atom. The monoisotopic (exact) mass is 242 g/mol. The summed E-state index contributed by atoms with van der Waals surface area (Å²) >= 11 is 0. The highest BCUT2D eigenvalue weighted by molar-refractivity contribution is 5.74. The number of nitrogens with two attached hydrogens (primary N) is 2. The molecule has 17 heavy (non-hydrogen) atoms. The smallest absolute Gasteiger partial charge is 0.218 e. The summed E-state index contributed by atoms with van der Waals surface area (Å²) in [6.07, 6.45) is 1.89. The molecular weight excluding hydrogens is 220 g/mol. The van der Waals surface area contributed by atoms with Gasteiger partial charge in [0.25, 0.3) is 0 Å². The molecule has 98 valence electrons. The Balaban J connectivity index is 2.24. The first kappa shape index (κ1) is 13.9. The van der Waals surface area contributed by atoms with Gasteiger partial charge in [0.2, 0.25) is 11.8 Å². The van der Waals surface area contributed by atoms with Crippen LogP contribution in [0.5, 0.6) is 0 Å². The van der Waals surface area contributed by atoms with Crippen molar-refractivity contribution in [2.75, 3.05) is 39.3 Å². The Labute approximate surface area is 102 Å². The molecule has 1 aliphatic rings. The lowest BCUT2D eigenvalue weighted by Gasteiger charge is -2.20. The van der Waals surface area contributed by atoms with Gasteiger partial charge >= 0.3 is 0 Å². The molecule has 0 aromatic rings. The van der Waals surface area contributed by atoms with Crippen LogP contribution in [0, 0.1) is 0 Å². The van der Waals surface area contributed by atoms with Crippen molar-refractivity contribution in [2.24, 2.45) is 11.5 Å². The first-order valence-electron chi connectivity index (χ1n) is 6.09. The minimum Gasteiger partial charge on any atom is -0.370 e. The van der Waals surface area contributed by atoms with Gasteiger partial charge in [0.15, 0.2) is 0 Å². The molecule has 0 unspecified atom stereocenters. The molecule has 6 heteroatoms. The zero-order valence-electron chi connectivity index (χ0n) is 10.2. The molecule has 2 amide bonds. The molecule has 1 heterocycles. The van der Waals surface area contributed by atoms with E-state index in [4.69, 9.17) is 11.5 Å². The lowest BCUT2D eigenvalue weighted by molar-refractivity contribution is -0.119. The summed E-state index contributed by atoms with van der Waals surface area (Å²) in [4.78, 5) is 25.9. The Kier molecular flexibility index (Phi) is 5.93. The number of amides is 2. The predicted molar refractivity (Wildman–Crippen MR) is 65.1 cm³/mol. The highest BCUT2D eigenvalue weighted by Gasteiger charge is 2.15. The number of hydrogen-bond acceptors (Lipinski definition) is 4. The molecule has 0 atom stereocenters. The van der Waals surface area contributed by atoms with Gasteiger partial charge in [0.05, 0.1) is 0 Å². The number of hydrogen-bond donors (Lipinski definition) is 2. The van der Waals surface area contributed by atoms with Crippen molar-refractivity contribution in [1.82, 2.24) is 9.80 Å². The minimum absolute atomic E-state index is 0.250. The van der Waals surface area contributed by atoms with E-state index >= 15 is 0 Å². The Morgan fingerprint density at radius 3 is 1.59 bits per heavy atom. The second-order valence-corrected chi connectivity index (χ2v) is 4.47. The van der Waals surface area contributed by atoms with E-state index in [0.29, 0.717) is 12.8 Å². The molecular formula is C11H22N4O2. The Morgan fingerprint density at radius 2 is 1.24 bits per heavy atom. The van der Waals surface area contributed by atoms with Crippen LogP contribution >= 0.6 is 0 Å². The largest absolute Gasteiger partial charge is 0.370 e. The van der Waals surface area contributed by atoms with E-state index in [2.05, 4.69) is 9.80 Å². The number of nitrogens with zero attached hydrogens (tertiary/aromatic N) is 2. The van der Waals surface area contributed by atoms with Crippen molar-refractivity contribution >= 4 is 11.8 Å². The molecule has 6 nitrogen and oxygen atoms in total. The molecule has 0 aromatic carbocycles. The van der Waals surface area contributed by atoms with E-state index in [0.717, 1.165) is 45.7 Å². The van der Waals surface area contributed by atoms with Crippen LogP contribution in [0.1, 0.15) is 19.3 Å². The lowest BCUT2D eigenvalue weighted by atomic mass is 10.3. The molecule has 0 aromatic heterocycles. The maximum Gasteiger partial charge on any atom is 0.218 e. The van der Waals surface area contributed by atoms with Gasteiger partial charge < -0.3 is 21.3 Å². The summed E-state index contributed by atoms with van der Waals surface area (Å²) in [5.74, 6) is -0.500. The molecule has 1 fully saturated rings. The summed E-state index contributed by atoms with van der Waals surface area (Å²) < 4.78 is 0. The maximum absolute atomic E-state index is 10.7. The zero-order valence-corrected chi connectivity index (χ0v) is 10.2. The third kappa shape index (κ3) is 6.23. The van der Waals surface area contributed by atoms with E-state index < -0.39 is 0 Å². The van der Waals surface area contributed by atoms with Crippen LogP contribution in [0.2, 0.25) is 0 Å². The fourth-order valence-corrected chi connectivity index (χ4v) is 2.01. The van der Waals surface area contributed by atoms with Crippen molar-refractivity contribution in [3.63, 3.8) is 0 Å². The highest BCUT2D eigenvalue weighted by atomic mass is 16.1. The number of carbonyl (C=O) groups excluding carboxylic acids is 2. The fourth-order valence-electron chi connectivity index (χ4n) is 2.01. The van der Waals surface area contributed by atoms with Crippen molar-refractivity contribution in [3.05, 3.63) is 0 Å². The summed E-state index contributed by atoms with van der Waals surface area (Å²) in [5.41, 5.74) is 10.3. The molecule has 1 saturated heterocycles. The van der Waals surface area contributed by atoms with Crippen molar-refractivity contribution in [1.29, 1.82) is 0 Å². The fraction of sp³-hybridized carbons (Fsp3) is 0.818. The topological polar surface area (TPSA) is 92.7 Å². The summed E-state index contributed by atoms with van der Waals surface area (Å²) in [7, 11) is 0. The predicted octanol–water partition coefficient (Wildman–Crippen LogP) is -1.26. The van der Waals surface area contributed by atoms with Crippen molar-refractivity contribution in [3.8, 4) is 0 Å². The minimum atomic E-state index is -0.250. The van der Waals surface area contributed by atoms with Crippen molar-refractivity contribution < 1.29 is 9.59 Å². The number of primary amides is 2. The van der Waals surface area contributed by atoms with Gasteiger partial charge in [0, 0.05) is 39.0 Å². The second kappa shape index (κ2) is 7.24. The van der Waals surface area contributed by atoms with Gasteiger partial charge in [-0.3, -0.25) is 9.59 Å². The Hall–Kier alpha value is -1.14. The van der Waals surface area contributed by atoms with Gasteiger partial charge in [-0.25, -0.2) is 0 Å². The molecule has 0 spiro atoms. The second-order valence-electron chi connectivity index (χ2n) is 4.47. The van der Waals surface area contributed by atoms with Crippen LogP contribution in [0.4, 0.5) is 0 Å². The highest BCUT2D eigenvalue weighted by Crippen LogP contribution is 2.04. The van der Waals surface area contributed by atoms with Gasteiger partial charge in [0.1, 0.15) is 0 Å². The summed E-state index contributed by atoms with van der Waals surface area (Å²) in [5, 5.41) is 0. The first-order chi connectivity index (χ1) is 8.08. The molecule has 0 saturated carbocycles. The van der Waals surface area contributed by atoms with Crippen LogP contribution in [0.15, 0.2) is 0 Å². The van der Waals surface area contributed by atoms with Crippen LogP contribution in [-0.2, 0) is 9.59 Å². The lowest BCUT2D eigenvalue weighted by Crippen LogP contribution is -2.34. The molecule has 0 aliphatic carbocycles. The summed E-state index contributed by atoms with van der Waals surface area (Å²) in [6, 6.07) is 0. The van der Waals surface area contributed by atoms with Gasteiger partial charge in [-0.1, -0.05) is 0 Å². The third-order valence-corrected chi connectivity index (χ3v) is 3.03. The zero-order chi connectivity index (χ0) is 12.7.